The van der Waals surface area contributed by atoms with E-state index in [1.54, 1.807) is 6.07 Å². The van der Waals surface area contributed by atoms with E-state index in [2.05, 4.69) is 38.1 Å². The average molecular weight is 446 g/mol. The van der Waals surface area contributed by atoms with Crippen molar-refractivity contribution in [3.8, 4) is 11.8 Å². The molecule has 3 aromatic rings. The third kappa shape index (κ3) is 3.58. The van der Waals surface area contributed by atoms with Crippen LogP contribution in [0.1, 0.15) is 24.1 Å². The standard InChI is InChI=1S/C20H14BrF2N3O2/c21-14-10-26(20(27)28)19-18(14)17(8-12(25-19)7-6-11-4-5-11)24-9-13-15(22)2-1-3-16(13)23/h1-3,8,10-11H,4-5,9H2,(H,24,25)(H,27,28). The molecule has 2 aromatic heterocycles. The molecule has 1 aliphatic rings. The van der Waals surface area contributed by atoms with E-state index in [0.717, 1.165) is 17.4 Å². The summed E-state index contributed by atoms with van der Waals surface area (Å²) in [4.78, 5) is 15.9. The quantitative estimate of drug-likeness (QED) is 0.558. The van der Waals surface area contributed by atoms with Crippen molar-refractivity contribution in [2.24, 2.45) is 5.92 Å². The summed E-state index contributed by atoms with van der Waals surface area (Å²) in [5.41, 5.74) is 0.967. The molecule has 0 atom stereocenters. The molecule has 0 bridgehead atoms. The first kappa shape index (κ1) is 18.4. The Balaban J connectivity index is 1.79. The van der Waals surface area contributed by atoms with Crippen molar-refractivity contribution in [3.05, 3.63) is 57.8 Å². The van der Waals surface area contributed by atoms with Crippen LogP contribution >= 0.6 is 15.9 Å². The van der Waals surface area contributed by atoms with Gasteiger partial charge in [0.2, 0.25) is 0 Å². The van der Waals surface area contributed by atoms with E-state index >= 15 is 0 Å². The van der Waals surface area contributed by atoms with E-state index < -0.39 is 17.7 Å². The van der Waals surface area contributed by atoms with Crippen molar-refractivity contribution in [2.45, 2.75) is 19.4 Å². The van der Waals surface area contributed by atoms with E-state index in [0.29, 0.717) is 27.2 Å². The van der Waals surface area contributed by atoms with Crippen molar-refractivity contribution < 1.29 is 18.7 Å². The molecule has 0 amide bonds. The molecule has 0 aliphatic heterocycles. The number of aromatic nitrogens is 2. The minimum atomic E-state index is -1.19. The van der Waals surface area contributed by atoms with Crippen molar-refractivity contribution in [2.75, 3.05) is 5.32 Å². The zero-order chi connectivity index (χ0) is 19.8. The van der Waals surface area contributed by atoms with Gasteiger partial charge in [-0.25, -0.2) is 23.1 Å². The van der Waals surface area contributed by atoms with Crippen LogP contribution < -0.4 is 5.32 Å². The molecule has 0 saturated heterocycles. The topological polar surface area (TPSA) is 67.2 Å². The molecule has 1 aliphatic carbocycles. The number of nitrogens with one attached hydrogen (secondary N) is 1. The second kappa shape index (κ2) is 7.24. The van der Waals surface area contributed by atoms with E-state index in [-0.39, 0.29) is 17.8 Å². The van der Waals surface area contributed by atoms with Crippen LogP contribution in [-0.2, 0) is 6.54 Å². The SMILES string of the molecule is O=C(O)n1cc(Br)c2c(NCc3c(F)cccc3F)cc(C#CC3CC3)nc21. The fourth-order valence-corrected chi connectivity index (χ4v) is 3.41. The van der Waals surface area contributed by atoms with Gasteiger partial charge in [0, 0.05) is 34.4 Å². The Morgan fingerprint density at radius 3 is 2.71 bits per heavy atom. The van der Waals surface area contributed by atoms with Crippen LogP contribution in [0.25, 0.3) is 11.0 Å². The van der Waals surface area contributed by atoms with E-state index in [1.165, 1.54) is 24.4 Å². The number of anilines is 1. The molecule has 1 aromatic carbocycles. The Hall–Kier alpha value is -2.92. The lowest BCUT2D eigenvalue weighted by atomic mass is 10.1. The minimum absolute atomic E-state index is 0.105. The molecular weight excluding hydrogens is 432 g/mol. The third-order valence-corrected chi connectivity index (χ3v) is 5.02. The van der Waals surface area contributed by atoms with Crippen LogP contribution in [0.15, 0.2) is 34.9 Å². The molecule has 2 heterocycles. The minimum Gasteiger partial charge on any atom is -0.464 e. The van der Waals surface area contributed by atoms with Crippen LogP contribution in [0.3, 0.4) is 0 Å². The second-order valence-electron chi connectivity index (χ2n) is 6.48. The van der Waals surface area contributed by atoms with Crippen LogP contribution in [0.2, 0.25) is 0 Å². The first-order valence-electron chi connectivity index (χ1n) is 8.57. The zero-order valence-electron chi connectivity index (χ0n) is 14.5. The summed E-state index contributed by atoms with van der Waals surface area (Å²) in [5.74, 6) is 5.08. The summed E-state index contributed by atoms with van der Waals surface area (Å²) < 4.78 is 29.4. The predicted octanol–water partition coefficient (Wildman–Crippen LogP) is 4.98. The summed E-state index contributed by atoms with van der Waals surface area (Å²) in [5, 5.41) is 12.9. The Morgan fingerprint density at radius 1 is 1.36 bits per heavy atom. The number of benzene rings is 1. The molecule has 142 valence electrons. The highest BCUT2D eigenvalue weighted by Crippen LogP contribution is 2.33. The Bertz CT molecular complexity index is 1140. The largest absolute Gasteiger partial charge is 0.464 e. The molecule has 4 rings (SSSR count). The summed E-state index contributed by atoms with van der Waals surface area (Å²) in [7, 11) is 0. The van der Waals surface area contributed by atoms with Gasteiger partial charge in [0.05, 0.1) is 5.39 Å². The number of rotatable bonds is 3. The molecule has 2 N–H and O–H groups in total. The predicted molar refractivity (Wildman–Crippen MR) is 104 cm³/mol. The summed E-state index contributed by atoms with van der Waals surface area (Å²) >= 11 is 3.34. The van der Waals surface area contributed by atoms with Gasteiger partial charge in [-0.2, -0.15) is 0 Å². The number of hydrogen-bond acceptors (Lipinski definition) is 3. The zero-order valence-corrected chi connectivity index (χ0v) is 16.1. The van der Waals surface area contributed by atoms with Gasteiger partial charge in [-0.15, -0.1) is 0 Å². The van der Waals surface area contributed by atoms with Gasteiger partial charge < -0.3 is 10.4 Å². The van der Waals surface area contributed by atoms with Gasteiger partial charge in [0.15, 0.2) is 5.65 Å². The molecule has 1 fully saturated rings. The van der Waals surface area contributed by atoms with Gasteiger partial charge in [-0.1, -0.05) is 12.0 Å². The molecule has 0 radical (unpaired) electrons. The van der Waals surface area contributed by atoms with Gasteiger partial charge in [-0.05, 0) is 52.9 Å². The maximum absolute atomic E-state index is 13.9. The lowest BCUT2D eigenvalue weighted by Gasteiger charge is -2.11. The Morgan fingerprint density at radius 2 is 2.07 bits per heavy atom. The first-order valence-corrected chi connectivity index (χ1v) is 9.36. The smallest absolute Gasteiger partial charge is 0.417 e. The van der Waals surface area contributed by atoms with Crippen LogP contribution in [0, 0.1) is 29.4 Å². The molecule has 0 spiro atoms. The fourth-order valence-electron chi connectivity index (χ4n) is 2.82. The molecule has 0 unspecified atom stereocenters. The lowest BCUT2D eigenvalue weighted by Crippen LogP contribution is -2.09. The number of nitrogens with zero attached hydrogens (tertiary/aromatic N) is 2. The third-order valence-electron chi connectivity index (χ3n) is 4.41. The molecule has 28 heavy (non-hydrogen) atoms. The number of hydrogen-bond donors (Lipinski definition) is 2. The summed E-state index contributed by atoms with van der Waals surface area (Å²) in [6.07, 6.45) is 2.28. The van der Waals surface area contributed by atoms with Gasteiger partial charge in [0.25, 0.3) is 0 Å². The fraction of sp³-hybridized carbons (Fsp3) is 0.200. The number of carboxylic acid groups (broad SMARTS) is 1. The van der Waals surface area contributed by atoms with E-state index in [1.807, 2.05) is 0 Å². The van der Waals surface area contributed by atoms with Crippen molar-refractivity contribution >= 4 is 38.7 Å². The Kier molecular flexibility index (Phi) is 4.77. The van der Waals surface area contributed by atoms with Crippen molar-refractivity contribution in [3.63, 3.8) is 0 Å². The van der Waals surface area contributed by atoms with Crippen molar-refractivity contribution in [1.82, 2.24) is 9.55 Å². The Labute approximate surface area is 167 Å². The lowest BCUT2D eigenvalue weighted by molar-refractivity contribution is 0.197. The van der Waals surface area contributed by atoms with Gasteiger partial charge in [0.1, 0.15) is 17.3 Å². The van der Waals surface area contributed by atoms with E-state index in [4.69, 9.17) is 0 Å². The van der Waals surface area contributed by atoms with Crippen molar-refractivity contribution in [1.29, 1.82) is 0 Å². The molecule has 1 saturated carbocycles. The van der Waals surface area contributed by atoms with E-state index in [9.17, 15) is 18.7 Å². The normalized spacial score (nSPS) is 13.2. The van der Waals surface area contributed by atoms with Crippen LogP contribution in [0.4, 0.5) is 19.3 Å². The van der Waals surface area contributed by atoms with Gasteiger partial charge >= 0.3 is 6.09 Å². The molecule has 8 heteroatoms. The van der Waals surface area contributed by atoms with Crippen LogP contribution in [-0.4, -0.2) is 20.8 Å². The van der Waals surface area contributed by atoms with Gasteiger partial charge in [-0.3, -0.25) is 0 Å². The van der Waals surface area contributed by atoms with Crippen LogP contribution in [0.5, 0.6) is 0 Å². The summed E-state index contributed by atoms with van der Waals surface area (Å²) in [6, 6.07) is 5.33. The monoisotopic (exact) mass is 445 g/mol. The highest BCUT2D eigenvalue weighted by molar-refractivity contribution is 9.10. The number of fused-ring (bicyclic) bond motifs is 1. The maximum Gasteiger partial charge on any atom is 0.417 e. The summed E-state index contributed by atoms with van der Waals surface area (Å²) in [6.45, 7) is -0.113. The molecule has 5 nitrogen and oxygen atoms in total. The highest BCUT2D eigenvalue weighted by Gasteiger charge is 2.20. The second-order valence-corrected chi connectivity index (χ2v) is 7.33. The average Bonchev–Trinajstić information content (AvgIpc) is 3.42. The highest BCUT2D eigenvalue weighted by atomic mass is 79.9. The number of pyridine rings is 1. The number of halogens is 3. The maximum atomic E-state index is 13.9. The number of carbonyl (C=O) groups is 1. The molecular formula is C20H14BrF2N3O2. The first-order chi connectivity index (χ1) is 13.4.